The van der Waals surface area contributed by atoms with Gasteiger partial charge in [0, 0.05) is 15.2 Å². The van der Waals surface area contributed by atoms with Gasteiger partial charge in [-0.3, -0.25) is 10.1 Å². The summed E-state index contributed by atoms with van der Waals surface area (Å²) in [5.41, 5.74) is 1.83. The van der Waals surface area contributed by atoms with E-state index in [-0.39, 0.29) is 5.11 Å². The van der Waals surface area contributed by atoms with Crippen LogP contribution >= 0.6 is 51.3 Å². The van der Waals surface area contributed by atoms with Gasteiger partial charge < -0.3 is 10.1 Å². The molecule has 0 saturated heterocycles. The third-order valence-corrected chi connectivity index (χ3v) is 4.84. The second-order valence-corrected chi connectivity index (χ2v) is 7.35. The number of ether oxygens (including phenoxy) is 1. The summed E-state index contributed by atoms with van der Waals surface area (Å²) in [5, 5.41) is 6.55. The molecule has 0 radical (unpaired) electrons. The molecule has 0 heterocycles. The normalized spacial score (nSPS) is 11.6. The van der Waals surface area contributed by atoms with Crippen LogP contribution in [0.25, 0.3) is 0 Å². The average molecular weight is 462 g/mol. The Labute approximate surface area is 170 Å². The van der Waals surface area contributed by atoms with Crippen LogP contribution in [0.15, 0.2) is 40.9 Å². The van der Waals surface area contributed by atoms with Crippen molar-refractivity contribution in [3.8, 4) is 5.75 Å². The first kappa shape index (κ1) is 20.0. The molecule has 2 aromatic rings. The van der Waals surface area contributed by atoms with Gasteiger partial charge in [0.2, 0.25) is 0 Å². The summed E-state index contributed by atoms with van der Waals surface area (Å²) in [6, 6.07) is 10.4. The van der Waals surface area contributed by atoms with Crippen molar-refractivity contribution in [3.63, 3.8) is 0 Å². The molecule has 0 saturated carbocycles. The quantitative estimate of drug-likeness (QED) is 0.603. The molecule has 2 rings (SSSR count). The number of hydrogen-bond donors (Lipinski definition) is 2. The largest absolute Gasteiger partial charge is 0.479 e. The molecule has 2 aromatic carbocycles. The molecule has 1 atom stereocenters. The maximum atomic E-state index is 12.2. The van der Waals surface area contributed by atoms with Crippen LogP contribution in [0.1, 0.15) is 12.5 Å². The Hall–Kier alpha value is -1.34. The summed E-state index contributed by atoms with van der Waals surface area (Å²) in [5.74, 6) is -0.0199. The number of benzene rings is 2. The van der Waals surface area contributed by atoms with Crippen LogP contribution in [0.5, 0.6) is 5.75 Å². The zero-order valence-corrected chi connectivity index (χ0v) is 17.3. The molecule has 0 aliphatic carbocycles. The number of halogens is 3. The van der Waals surface area contributed by atoms with Crippen molar-refractivity contribution < 1.29 is 9.53 Å². The Balaban J connectivity index is 1.93. The van der Waals surface area contributed by atoms with E-state index in [0.29, 0.717) is 15.8 Å². The molecule has 0 fully saturated rings. The maximum absolute atomic E-state index is 12.2. The number of thiocarbonyl (C=S) groups is 1. The Kier molecular flexibility index (Phi) is 7.07. The summed E-state index contributed by atoms with van der Waals surface area (Å²) >= 11 is 20.5. The SMILES string of the molecule is Cc1cc(NC(=S)NC(=O)C(C)Oc2ccc(Cl)cc2Cl)ccc1Br. The highest BCUT2D eigenvalue weighted by Gasteiger charge is 2.17. The van der Waals surface area contributed by atoms with E-state index in [2.05, 4.69) is 26.6 Å². The number of rotatable bonds is 4. The molecular formula is C17H15BrCl2N2O2S. The summed E-state index contributed by atoms with van der Waals surface area (Å²) < 4.78 is 6.55. The van der Waals surface area contributed by atoms with Crippen molar-refractivity contribution >= 4 is 68.1 Å². The summed E-state index contributed by atoms with van der Waals surface area (Å²) in [6.07, 6.45) is -0.787. The van der Waals surface area contributed by atoms with Gasteiger partial charge in [0.25, 0.3) is 5.91 Å². The highest BCUT2D eigenvalue weighted by atomic mass is 79.9. The smallest absolute Gasteiger partial charge is 0.266 e. The van der Waals surface area contributed by atoms with Crippen LogP contribution < -0.4 is 15.4 Å². The molecule has 0 spiro atoms. The molecule has 8 heteroatoms. The van der Waals surface area contributed by atoms with Gasteiger partial charge in [-0.2, -0.15) is 0 Å². The number of carbonyl (C=O) groups excluding carboxylic acids is 1. The lowest BCUT2D eigenvalue weighted by Crippen LogP contribution is -2.42. The lowest BCUT2D eigenvalue weighted by Gasteiger charge is -2.17. The van der Waals surface area contributed by atoms with Crippen LogP contribution in [0.4, 0.5) is 5.69 Å². The number of anilines is 1. The Bertz CT molecular complexity index is 817. The zero-order chi connectivity index (χ0) is 18.6. The van der Waals surface area contributed by atoms with Gasteiger partial charge in [-0.25, -0.2) is 0 Å². The second kappa shape index (κ2) is 8.85. The molecule has 1 unspecified atom stereocenters. The minimum absolute atomic E-state index is 0.185. The first-order valence-corrected chi connectivity index (χ1v) is 9.21. The standard InChI is InChI=1S/C17H15BrCl2N2O2S/c1-9-7-12(4-5-13(9)18)21-17(25)22-16(23)10(2)24-15-6-3-11(19)8-14(15)20/h3-8,10H,1-2H3,(H2,21,22,23,25). The van der Waals surface area contributed by atoms with Gasteiger partial charge in [-0.1, -0.05) is 39.1 Å². The number of amides is 1. The number of aryl methyl sites for hydroxylation is 1. The lowest BCUT2D eigenvalue weighted by atomic mass is 10.2. The fraction of sp³-hybridized carbons (Fsp3) is 0.176. The molecule has 1 amide bonds. The third-order valence-electron chi connectivity index (χ3n) is 3.22. The van der Waals surface area contributed by atoms with Crippen molar-refractivity contribution in [3.05, 3.63) is 56.5 Å². The molecule has 25 heavy (non-hydrogen) atoms. The predicted octanol–water partition coefficient (Wildman–Crippen LogP) is 5.34. The second-order valence-electron chi connectivity index (χ2n) is 5.24. The van der Waals surface area contributed by atoms with Crippen LogP contribution in [0, 0.1) is 6.92 Å². The van der Waals surface area contributed by atoms with Crippen molar-refractivity contribution in [2.24, 2.45) is 0 Å². The first-order chi connectivity index (χ1) is 11.8. The van der Waals surface area contributed by atoms with E-state index in [1.165, 1.54) is 0 Å². The fourth-order valence-corrected chi connectivity index (χ4v) is 2.83. The van der Waals surface area contributed by atoms with Gasteiger partial charge in [0.15, 0.2) is 11.2 Å². The van der Waals surface area contributed by atoms with Gasteiger partial charge >= 0.3 is 0 Å². The molecule has 0 aromatic heterocycles. The molecule has 4 nitrogen and oxygen atoms in total. The van der Waals surface area contributed by atoms with Crippen LogP contribution in [-0.2, 0) is 4.79 Å². The molecular weight excluding hydrogens is 447 g/mol. The number of nitrogens with one attached hydrogen (secondary N) is 2. The van der Waals surface area contributed by atoms with E-state index >= 15 is 0 Å². The highest BCUT2D eigenvalue weighted by molar-refractivity contribution is 9.10. The number of carbonyl (C=O) groups is 1. The Morgan fingerprint density at radius 3 is 2.60 bits per heavy atom. The third kappa shape index (κ3) is 5.85. The first-order valence-electron chi connectivity index (χ1n) is 7.26. The Morgan fingerprint density at radius 2 is 1.96 bits per heavy atom. The van der Waals surface area contributed by atoms with E-state index in [1.807, 2.05) is 25.1 Å². The number of hydrogen-bond acceptors (Lipinski definition) is 3. The van der Waals surface area contributed by atoms with E-state index in [1.54, 1.807) is 25.1 Å². The van der Waals surface area contributed by atoms with Crippen LogP contribution in [0.2, 0.25) is 10.0 Å². The van der Waals surface area contributed by atoms with Gasteiger partial charge in [-0.15, -0.1) is 0 Å². The predicted molar refractivity (Wildman–Crippen MR) is 110 cm³/mol. The van der Waals surface area contributed by atoms with Crippen molar-refractivity contribution in [2.45, 2.75) is 20.0 Å². The van der Waals surface area contributed by atoms with Gasteiger partial charge in [-0.05, 0) is 68.0 Å². The summed E-state index contributed by atoms with van der Waals surface area (Å²) in [4.78, 5) is 12.2. The highest BCUT2D eigenvalue weighted by Crippen LogP contribution is 2.28. The topological polar surface area (TPSA) is 50.4 Å². The molecule has 0 aliphatic rings. The van der Waals surface area contributed by atoms with Crippen molar-refractivity contribution in [2.75, 3.05) is 5.32 Å². The van der Waals surface area contributed by atoms with Gasteiger partial charge in [0.1, 0.15) is 5.75 Å². The van der Waals surface area contributed by atoms with Crippen molar-refractivity contribution in [1.82, 2.24) is 5.32 Å². The van der Waals surface area contributed by atoms with E-state index in [4.69, 9.17) is 40.2 Å². The average Bonchev–Trinajstić information content (AvgIpc) is 2.53. The fourth-order valence-electron chi connectivity index (χ4n) is 1.91. The van der Waals surface area contributed by atoms with Crippen LogP contribution in [-0.4, -0.2) is 17.1 Å². The summed E-state index contributed by atoms with van der Waals surface area (Å²) in [6.45, 7) is 3.56. The maximum Gasteiger partial charge on any atom is 0.266 e. The lowest BCUT2D eigenvalue weighted by molar-refractivity contribution is -0.125. The minimum Gasteiger partial charge on any atom is -0.479 e. The van der Waals surface area contributed by atoms with Crippen LogP contribution in [0.3, 0.4) is 0 Å². The van der Waals surface area contributed by atoms with E-state index < -0.39 is 12.0 Å². The molecule has 0 aliphatic heterocycles. The Morgan fingerprint density at radius 1 is 1.24 bits per heavy atom. The molecule has 0 bridgehead atoms. The minimum atomic E-state index is -0.787. The summed E-state index contributed by atoms with van der Waals surface area (Å²) in [7, 11) is 0. The van der Waals surface area contributed by atoms with E-state index in [9.17, 15) is 4.79 Å². The van der Waals surface area contributed by atoms with Gasteiger partial charge in [0.05, 0.1) is 5.02 Å². The molecule has 132 valence electrons. The zero-order valence-electron chi connectivity index (χ0n) is 13.4. The monoisotopic (exact) mass is 460 g/mol. The van der Waals surface area contributed by atoms with Crippen molar-refractivity contribution in [1.29, 1.82) is 0 Å². The van der Waals surface area contributed by atoms with E-state index in [0.717, 1.165) is 15.7 Å². The molecule has 2 N–H and O–H groups in total.